The third-order valence-electron chi connectivity index (χ3n) is 6.86. The Labute approximate surface area is 234 Å². The smallest absolute Gasteiger partial charge is 0.410 e. The Hall–Kier alpha value is -4.01. The quantitative estimate of drug-likeness (QED) is 0.239. The minimum absolute atomic E-state index is 0.101. The van der Waals surface area contributed by atoms with Crippen molar-refractivity contribution < 1.29 is 14.3 Å². The average Bonchev–Trinajstić information content (AvgIpc) is 3.54. The molecule has 3 aromatic carbocycles. The van der Waals surface area contributed by atoms with Gasteiger partial charge in [-0.1, -0.05) is 72.8 Å². The Kier molecular flexibility index (Phi) is 7.13. The molecule has 2 aromatic heterocycles. The van der Waals surface area contributed by atoms with E-state index in [1.54, 1.807) is 16.2 Å². The fraction of sp³-hybridized carbons (Fsp3) is 0.194. The van der Waals surface area contributed by atoms with Crippen LogP contribution >= 0.6 is 22.7 Å². The summed E-state index contributed by atoms with van der Waals surface area (Å²) in [6.07, 6.45) is 0.365. The van der Waals surface area contributed by atoms with Gasteiger partial charge in [0.1, 0.15) is 10.0 Å². The number of amides is 2. The molecule has 5 aromatic rings. The normalized spacial score (nSPS) is 12.9. The molecule has 6 rings (SSSR count). The van der Waals surface area contributed by atoms with Crippen LogP contribution in [0.4, 0.5) is 9.80 Å². The predicted octanol–water partition coefficient (Wildman–Crippen LogP) is 7.31. The maximum absolute atomic E-state index is 14.0. The molecule has 2 amide bonds. The van der Waals surface area contributed by atoms with Crippen molar-refractivity contribution in [2.24, 2.45) is 0 Å². The fourth-order valence-electron chi connectivity index (χ4n) is 5.04. The van der Waals surface area contributed by atoms with Gasteiger partial charge in [-0.15, -0.1) is 22.7 Å². The lowest BCUT2D eigenvalue weighted by atomic mass is 9.90. The second kappa shape index (κ2) is 11.0. The van der Waals surface area contributed by atoms with Gasteiger partial charge < -0.3 is 15.0 Å². The van der Waals surface area contributed by atoms with Crippen molar-refractivity contribution in [3.63, 3.8) is 0 Å². The molecule has 1 aliphatic rings. The molecule has 0 atom stereocenters. The Bertz CT molecular complexity index is 1560. The summed E-state index contributed by atoms with van der Waals surface area (Å²) < 4.78 is 6.36. The van der Waals surface area contributed by atoms with Gasteiger partial charge in [0.25, 0.3) is 0 Å². The standard InChI is InChI=1S/C31H27N3O3S2/c1-2-37-31(36)34-18-17-22-25(19-34)39-30(27(22)29-32-23-15-9-10-16-24(23)38-29)33-28(35)26(20-11-5-3-6-12-20)21-13-7-4-8-14-21/h3-16,26H,2,17-19H2,1H3,(H,33,35). The van der Waals surface area contributed by atoms with E-state index in [0.717, 1.165) is 47.4 Å². The SMILES string of the molecule is CCOC(=O)N1CCc2c(sc(NC(=O)C(c3ccccc3)c3ccccc3)c2-c2nc3ccccc3s2)C1. The molecular weight excluding hydrogens is 526 g/mol. The van der Waals surface area contributed by atoms with Crippen molar-refractivity contribution in [1.29, 1.82) is 0 Å². The highest BCUT2D eigenvalue weighted by atomic mass is 32.1. The minimum Gasteiger partial charge on any atom is -0.450 e. The molecule has 0 fully saturated rings. The number of nitrogens with one attached hydrogen (secondary N) is 1. The highest BCUT2D eigenvalue weighted by molar-refractivity contribution is 7.23. The van der Waals surface area contributed by atoms with Crippen LogP contribution in [0.2, 0.25) is 0 Å². The number of carbonyl (C=O) groups excluding carboxylic acids is 2. The van der Waals surface area contributed by atoms with E-state index in [9.17, 15) is 9.59 Å². The number of anilines is 1. The van der Waals surface area contributed by atoms with Gasteiger partial charge >= 0.3 is 6.09 Å². The zero-order valence-electron chi connectivity index (χ0n) is 21.4. The molecule has 0 unspecified atom stereocenters. The number of carbonyl (C=O) groups is 2. The number of thiazole rings is 1. The van der Waals surface area contributed by atoms with Crippen molar-refractivity contribution in [3.05, 3.63) is 106 Å². The van der Waals surface area contributed by atoms with E-state index < -0.39 is 5.92 Å². The van der Waals surface area contributed by atoms with Crippen LogP contribution in [-0.4, -0.2) is 35.0 Å². The molecule has 1 N–H and O–H groups in total. The second-order valence-electron chi connectivity index (χ2n) is 9.31. The van der Waals surface area contributed by atoms with Crippen LogP contribution in [0.25, 0.3) is 20.8 Å². The van der Waals surface area contributed by atoms with E-state index in [0.29, 0.717) is 26.1 Å². The molecule has 3 heterocycles. The molecular formula is C31H27N3O3S2. The van der Waals surface area contributed by atoms with Crippen molar-refractivity contribution in [1.82, 2.24) is 9.88 Å². The number of hydrogen-bond acceptors (Lipinski definition) is 6. The third-order valence-corrected chi connectivity index (χ3v) is 9.04. The topological polar surface area (TPSA) is 71.5 Å². The van der Waals surface area contributed by atoms with Gasteiger partial charge in [-0.2, -0.15) is 0 Å². The Morgan fingerprint density at radius 3 is 2.28 bits per heavy atom. The summed E-state index contributed by atoms with van der Waals surface area (Å²) in [6.45, 7) is 3.16. The predicted molar refractivity (Wildman–Crippen MR) is 157 cm³/mol. The Balaban J connectivity index is 1.42. The molecule has 196 valence electrons. The van der Waals surface area contributed by atoms with E-state index in [2.05, 4.69) is 11.4 Å². The van der Waals surface area contributed by atoms with Crippen LogP contribution < -0.4 is 5.32 Å². The zero-order chi connectivity index (χ0) is 26.8. The molecule has 39 heavy (non-hydrogen) atoms. The number of nitrogens with zero attached hydrogens (tertiary/aromatic N) is 2. The first-order valence-electron chi connectivity index (χ1n) is 12.9. The molecule has 0 bridgehead atoms. The lowest BCUT2D eigenvalue weighted by Crippen LogP contribution is -2.35. The number of ether oxygens (including phenoxy) is 1. The summed E-state index contributed by atoms with van der Waals surface area (Å²) in [5.74, 6) is -0.568. The van der Waals surface area contributed by atoms with Crippen LogP contribution in [0.5, 0.6) is 0 Å². The van der Waals surface area contributed by atoms with Crippen molar-refractivity contribution in [2.75, 3.05) is 18.5 Å². The van der Waals surface area contributed by atoms with E-state index in [-0.39, 0.29) is 12.0 Å². The summed E-state index contributed by atoms with van der Waals surface area (Å²) in [6, 6.07) is 27.8. The van der Waals surface area contributed by atoms with Crippen molar-refractivity contribution in [3.8, 4) is 10.6 Å². The first kappa shape index (κ1) is 25.3. The maximum Gasteiger partial charge on any atom is 0.410 e. The number of benzene rings is 3. The van der Waals surface area contributed by atoms with Crippen LogP contribution in [0.3, 0.4) is 0 Å². The first-order valence-corrected chi connectivity index (χ1v) is 14.6. The lowest BCUT2D eigenvalue weighted by molar-refractivity contribution is -0.116. The third kappa shape index (κ3) is 5.05. The van der Waals surface area contributed by atoms with Gasteiger partial charge in [0, 0.05) is 17.0 Å². The van der Waals surface area contributed by atoms with Crippen LogP contribution in [-0.2, 0) is 22.5 Å². The molecule has 0 aliphatic carbocycles. The van der Waals surface area contributed by atoms with Gasteiger partial charge in [0.2, 0.25) is 5.91 Å². The Morgan fingerprint density at radius 1 is 0.949 bits per heavy atom. The zero-order valence-corrected chi connectivity index (χ0v) is 23.1. The largest absolute Gasteiger partial charge is 0.450 e. The maximum atomic E-state index is 14.0. The van der Waals surface area contributed by atoms with Gasteiger partial charge in [-0.05, 0) is 42.2 Å². The number of hydrogen-bond donors (Lipinski definition) is 1. The van der Waals surface area contributed by atoms with Crippen LogP contribution in [0.1, 0.15) is 34.4 Å². The first-order chi connectivity index (χ1) is 19.1. The molecule has 1 aliphatic heterocycles. The molecule has 0 spiro atoms. The number of aromatic nitrogens is 1. The van der Waals surface area contributed by atoms with Crippen LogP contribution in [0.15, 0.2) is 84.9 Å². The fourth-order valence-corrected chi connectivity index (χ4v) is 7.41. The molecule has 0 saturated carbocycles. The molecule has 8 heteroatoms. The van der Waals surface area contributed by atoms with Crippen molar-refractivity contribution in [2.45, 2.75) is 25.8 Å². The number of para-hydroxylation sites is 1. The number of rotatable bonds is 6. The summed E-state index contributed by atoms with van der Waals surface area (Å²) >= 11 is 3.15. The summed E-state index contributed by atoms with van der Waals surface area (Å²) in [7, 11) is 0. The van der Waals surface area contributed by atoms with E-state index in [4.69, 9.17) is 9.72 Å². The monoisotopic (exact) mass is 553 g/mol. The second-order valence-corrected chi connectivity index (χ2v) is 11.4. The Morgan fingerprint density at radius 2 is 1.62 bits per heavy atom. The summed E-state index contributed by atoms with van der Waals surface area (Å²) in [5.41, 5.74) is 4.90. The summed E-state index contributed by atoms with van der Waals surface area (Å²) in [5, 5.41) is 4.94. The van der Waals surface area contributed by atoms with Gasteiger partial charge in [0.05, 0.1) is 29.3 Å². The van der Waals surface area contributed by atoms with E-state index in [1.807, 2.05) is 85.8 Å². The van der Waals surface area contributed by atoms with Crippen LogP contribution in [0, 0.1) is 0 Å². The molecule has 0 saturated heterocycles. The van der Waals surface area contributed by atoms with Crippen molar-refractivity contribution >= 4 is 49.9 Å². The average molecular weight is 554 g/mol. The lowest BCUT2D eigenvalue weighted by Gasteiger charge is -2.26. The highest BCUT2D eigenvalue weighted by Crippen LogP contribution is 2.46. The molecule has 0 radical (unpaired) electrons. The minimum atomic E-state index is -0.467. The summed E-state index contributed by atoms with van der Waals surface area (Å²) in [4.78, 5) is 34.3. The van der Waals surface area contributed by atoms with E-state index >= 15 is 0 Å². The number of thiophene rings is 1. The van der Waals surface area contributed by atoms with Gasteiger partial charge in [-0.3, -0.25) is 4.79 Å². The number of fused-ring (bicyclic) bond motifs is 2. The highest BCUT2D eigenvalue weighted by Gasteiger charge is 2.31. The molecule has 6 nitrogen and oxygen atoms in total. The van der Waals surface area contributed by atoms with Gasteiger partial charge in [0.15, 0.2) is 0 Å². The van der Waals surface area contributed by atoms with E-state index in [1.165, 1.54) is 11.3 Å². The van der Waals surface area contributed by atoms with Gasteiger partial charge in [-0.25, -0.2) is 9.78 Å².